The Labute approximate surface area is 118 Å². The maximum Gasteiger partial charge on any atom is 0.326 e. The molecule has 5 nitrogen and oxygen atoms in total. The van der Waals surface area contributed by atoms with Crippen molar-refractivity contribution >= 4 is 11.0 Å². The largest absolute Gasteiger partial charge is 0.326 e. The molecular formula is C15H22N4O. The molecule has 108 valence electrons. The molecule has 5 heteroatoms. The molecule has 0 amide bonds. The lowest BCUT2D eigenvalue weighted by molar-refractivity contribution is 0.233. The Morgan fingerprint density at radius 2 is 2.00 bits per heavy atom. The van der Waals surface area contributed by atoms with E-state index in [-0.39, 0.29) is 11.7 Å². The van der Waals surface area contributed by atoms with Crippen LogP contribution in [-0.2, 0) is 6.54 Å². The van der Waals surface area contributed by atoms with Crippen molar-refractivity contribution in [3.8, 4) is 0 Å². The third kappa shape index (κ3) is 2.51. The standard InChI is InChI=1S/C15H22N4O/c1-11(2)19-14-4-3-12(9-13(14)17-15(19)20)10-18-7-5-16-6-8-18/h3-4,9,11,16H,5-8,10H2,1-2H3,(H,17,20). The van der Waals surface area contributed by atoms with Crippen molar-refractivity contribution < 1.29 is 0 Å². The van der Waals surface area contributed by atoms with Crippen molar-refractivity contribution in [1.82, 2.24) is 19.8 Å². The lowest BCUT2D eigenvalue weighted by Crippen LogP contribution is -2.42. The summed E-state index contributed by atoms with van der Waals surface area (Å²) in [5.74, 6) is 0. The van der Waals surface area contributed by atoms with E-state index < -0.39 is 0 Å². The minimum atomic E-state index is -0.0191. The van der Waals surface area contributed by atoms with Crippen LogP contribution in [0.4, 0.5) is 0 Å². The predicted molar refractivity (Wildman–Crippen MR) is 81.1 cm³/mol. The summed E-state index contributed by atoms with van der Waals surface area (Å²) >= 11 is 0. The van der Waals surface area contributed by atoms with Crippen LogP contribution in [0.3, 0.4) is 0 Å². The minimum absolute atomic E-state index is 0.0191. The third-order valence-electron chi connectivity index (χ3n) is 3.91. The van der Waals surface area contributed by atoms with Crippen molar-refractivity contribution in [3.05, 3.63) is 34.2 Å². The van der Waals surface area contributed by atoms with Gasteiger partial charge in [-0.15, -0.1) is 0 Å². The van der Waals surface area contributed by atoms with E-state index >= 15 is 0 Å². The zero-order valence-electron chi connectivity index (χ0n) is 12.1. The van der Waals surface area contributed by atoms with Gasteiger partial charge in [-0.05, 0) is 31.5 Å². The Morgan fingerprint density at radius 1 is 1.25 bits per heavy atom. The molecule has 2 N–H and O–H groups in total. The topological polar surface area (TPSA) is 53.1 Å². The van der Waals surface area contributed by atoms with Gasteiger partial charge in [0.05, 0.1) is 11.0 Å². The number of H-pyrrole nitrogens is 1. The lowest BCUT2D eigenvalue weighted by atomic mass is 10.1. The van der Waals surface area contributed by atoms with Crippen LogP contribution >= 0.6 is 0 Å². The van der Waals surface area contributed by atoms with Crippen LogP contribution in [0.15, 0.2) is 23.0 Å². The summed E-state index contributed by atoms with van der Waals surface area (Å²) in [7, 11) is 0. The van der Waals surface area contributed by atoms with Gasteiger partial charge in [0.1, 0.15) is 0 Å². The smallest absolute Gasteiger partial charge is 0.314 e. The van der Waals surface area contributed by atoms with Crippen molar-refractivity contribution in [2.24, 2.45) is 0 Å². The first-order valence-electron chi connectivity index (χ1n) is 7.31. The number of rotatable bonds is 3. The molecule has 1 aliphatic rings. The van der Waals surface area contributed by atoms with E-state index in [1.54, 1.807) is 0 Å². The number of imidazole rings is 1. The van der Waals surface area contributed by atoms with Gasteiger partial charge in [0.2, 0.25) is 0 Å². The number of piperazine rings is 1. The predicted octanol–water partition coefficient (Wildman–Crippen LogP) is 1.32. The number of aromatic nitrogens is 2. The highest BCUT2D eigenvalue weighted by atomic mass is 16.1. The molecule has 2 aromatic rings. The molecule has 0 unspecified atom stereocenters. The highest BCUT2D eigenvalue weighted by Crippen LogP contribution is 2.17. The molecule has 0 saturated carbocycles. The molecule has 0 spiro atoms. The zero-order chi connectivity index (χ0) is 14.1. The second-order valence-electron chi connectivity index (χ2n) is 5.77. The second-order valence-corrected chi connectivity index (χ2v) is 5.77. The van der Waals surface area contributed by atoms with Crippen molar-refractivity contribution in [2.75, 3.05) is 26.2 Å². The van der Waals surface area contributed by atoms with Gasteiger partial charge in [-0.1, -0.05) is 6.07 Å². The van der Waals surface area contributed by atoms with E-state index in [0.29, 0.717) is 0 Å². The fourth-order valence-corrected chi connectivity index (χ4v) is 2.92. The number of aromatic amines is 1. The Morgan fingerprint density at radius 3 is 2.70 bits per heavy atom. The van der Waals surface area contributed by atoms with Crippen LogP contribution in [0, 0.1) is 0 Å². The van der Waals surface area contributed by atoms with Gasteiger partial charge < -0.3 is 10.3 Å². The molecule has 2 heterocycles. The van der Waals surface area contributed by atoms with Crippen LogP contribution in [0.25, 0.3) is 11.0 Å². The van der Waals surface area contributed by atoms with E-state index in [1.807, 2.05) is 18.4 Å². The summed E-state index contributed by atoms with van der Waals surface area (Å²) in [5, 5.41) is 3.36. The number of benzene rings is 1. The highest BCUT2D eigenvalue weighted by Gasteiger charge is 2.12. The summed E-state index contributed by atoms with van der Waals surface area (Å²) in [6.07, 6.45) is 0. The third-order valence-corrected chi connectivity index (χ3v) is 3.91. The summed E-state index contributed by atoms with van der Waals surface area (Å²) in [4.78, 5) is 17.4. The fraction of sp³-hybridized carbons (Fsp3) is 0.533. The Kier molecular flexibility index (Phi) is 3.63. The molecule has 20 heavy (non-hydrogen) atoms. The average molecular weight is 274 g/mol. The molecule has 1 aromatic carbocycles. The minimum Gasteiger partial charge on any atom is -0.314 e. The normalized spacial score (nSPS) is 17.1. The first kappa shape index (κ1) is 13.4. The quantitative estimate of drug-likeness (QED) is 0.887. The van der Waals surface area contributed by atoms with E-state index in [0.717, 1.165) is 43.8 Å². The Hall–Kier alpha value is -1.59. The van der Waals surface area contributed by atoms with Crippen LogP contribution in [-0.4, -0.2) is 40.6 Å². The molecule has 0 atom stereocenters. The average Bonchev–Trinajstić information content (AvgIpc) is 2.75. The number of hydrogen-bond donors (Lipinski definition) is 2. The molecule has 0 radical (unpaired) electrons. The molecule has 1 aromatic heterocycles. The van der Waals surface area contributed by atoms with Crippen LogP contribution in [0.1, 0.15) is 25.5 Å². The molecule has 1 fully saturated rings. The van der Waals surface area contributed by atoms with E-state index in [2.05, 4.69) is 33.4 Å². The SMILES string of the molecule is CC(C)n1c(=O)[nH]c2cc(CN3CCNCC3)ccc21. The van der Waals surface area contributed by atoms with Gasteiger partial charge in [-0.25, -0.2) is 4.79 Å². The number of fused-ring (bicyclic) bond motifs is 1. The molecular weight excluding hydrogens is 252 g/mol. The van der Waals surface area contributed by atoms with E-state index in [9.17, 15) is 4.79 Å². The fourth-order valence-electron chi connectivity index (χ4n) is 2.92. The first-order chi connectivity index (χ1) is 9.65. The number of hydrogen-bond acceptors (Lipinski definition) is 3. The number of nitrogens with zero attached hydrogens (tertiary/aromatic N) is 2. The highest BCUT2D eigenvalue weighted by molar-refractivity contribution is 5.76. The summed E-state index contributed by atoms with van der Waals surface area (Å²) < 4.78 is 1.81. The lowest BCUT2D eigenvalue weighted by Gasteiger charge is -2.27. The van der Waals surface area contributed by atoms with Crippen molar-refractivity contribution in [3.63, 3.8) is 0 Å². The summed E-state index contributed by atoms with van der Waals surface area (Å²) in [6, 6.07) is 6.48. The van der Waals surface area contributed by atoms with Gasteiger partial charge in [-0.3, -0.25) is 9.47 Å². The second kappa shape index (κ2) is 5.42. The monoisotopic (exact) mass is 274 g/mol. The Bertz CT molecular complexity index is 649. The van der Waals surface area contributed by atoms with Gasteiger partial charge in [0, 0.05) is 38.8 Å². The van der Waals surface area contributed by atoms with Crippen LogP contribution in [0.5, 0.6) is 0 Å². The molecule has 3 rings (SSSR count). The molecule has 1 aliphatic heterocycles. The van der Waals surface area contributed by atoms with Crippen molar-refractivity contribution in [2.45, 2.75) is 26.4 Å². The van der Waals surface area contributed by atoms with E-state index in [4.69, 9.17) is 0 Å². The first-order valence-corrected chi connectivity index (χ1v) is 7.31. The maximum atomic E-state index is 12.0. The van der Waals surface area contributed by atoms with E-state index in [1.165, 1.54) is 5.56 Å². The summed E-state index contributed by atoms with van der Waals surface area (Å²) in [5.41, 5.74) is 3.18. The molecule has 1 saturated heterocycles. The van der Waals surface area contributed by atoms with Crippen molar-refractivity contribution in [1.29, 1.82) is 0 Å². The maximum absolute atomic E-state index is 12.0. The van der Waals surface area contributed by atoms with Gasteiger partial charge in [0.25, 0.3) is 0 Å². The molecule has 0 bridgehead atoms. The van der Waals surface area contributed by atoms with Gasteiger partial charge in [0.15, 0.2) is 0 Å². The van der Waals surface area contributed by atoms with Gasteiger partial charge in [-0.2, -0.15) is 0 Å². The summed E-state index contributed by atoms with van der Waals surface area (Å²) in [6.45, 7) is 9.30. The van der Waals surface area contributed by atoms with Crippen LogP contribution in [0.2, 0.25) is 0 Å². The molecule has 0 aliphatic carbocycles. The zero-order valence-corrected chi connectivity index (χ0v) is 12.1. The van der Waals surface area contributed by atoms with Crippen LogP contribution < -0.4 is 11.0 Å². The van der Waals surface area contributed by atoms with Gasteiger partial charge >= 0.3 is 5.69 Å². The number of nitrogens with one attached hydrogen (secondary N) is 2. The Balaban J connectivity index is 1.89.